The molecular weight excluding hydrogens is 328 g/mol. The predicted octanol–water partition coefficient (Wildman–Crippen LogP) is 4.93. The molecule has 2 unspecified atom stereocenters. The van der Waals surface area contributed by atoms with E-state index in [0.717, 1.165) is 39.9 Å². The first-order valence-electron chi connectivity index (χ1n) is 7.67. The second-order valence-corrected chi connectivity index (χ2v) is 6.80. The molecule has 1 aliphatic rings. The van der Waals surface area contributed by atoms with Gasteiger partial charge in [-0.1, -0.05) is 35.7 Å². The van der Waals surface area contributed by atoms with Gasteiger partial charge in [-0.15, -0.1) is 0 Å². The standard InChI is InChI=1S/C17H21BrN2O/c1-2-11-4-3-5-13(8-11)21-17-14-9-12(18)6-7-16(14)20-10-15(17)19/h6-7,9-11,13H,2-5,8,19H2,1H3. The van der Waals surface area contributed by atoms with Crippen molar-refractivity contribution in [3.8, 4) is 5.75 Å². The molecule has 3 nitrogen and oxygen atoms in total. The Morgan fingerprint density at radius 2 is 2.24 bits per heavy atom. The number of ether oxygens (including phenoxy) is 1. The van der Waals surface area contributed by atoms with E-state index in [1.165, 1.54) is 19.3 Å². The second kappa shape index (κ2) is 6.22. The lowest BCUT2D eigenvalue weighted by Gasteiger charge is -2.29. The van der Waals surface area contributed by atoms with E-state index in [4.69, 9.17) is 10.5 Å². The van der Waals surface area contributed by atoms with Gasteiger partial charge < -0.3 is 10.5 Å². The molecule has 0 aliphatic heterocycles. The lowest BCUT2D eigenvalue weighted by Crippen LogP contribution is -2.25. The van der Waals surface area contributed by atoms with E-state index in [2.05, 4.69) is 27.8 Å². The maximum absolute atomic E-state index is 6.30. The number of halogens is 1. The van der Waals surface area contributed by atoms with Crippen LogP contribution < -0.4 is 10.5 Å². The summed E-state index contributed by atoms with van der Waals surface area (Å²) in [6, 6.07) is 6.01. The van der Waals surface area contributed by atoms with Crippen molar-refractivity contribution < 1.29 is 4.74 Å². The molecule has 4 heteroatoms. The van der Waals surface area contributed by atoms with Crippen molar-refractivity contribution >= 4 is 32.5 Å². The lowest BCUT2D eigenvalue weighted by atomic mass is 9.85. The molecule has 1 saturated carbocycles. The number of rotatable bonds is 3. The fourth-order valence-electron chi connectivity index (χ4n) is 3.17. The molecule has 1 aliphatic carbocycles. The maximum Gasteiger partial charge on any atom is 0.153 e. The number of hydrogen-bond acceptors (Lipinski definition) is 3. The van der Waals surface area contributed by atoms with E-state index < -0.39 is 0 Å². The highest BCUT2D eigenvalue weighted by Gasteiger charge is 2.23. The summed E-state index contributed by atoms with van der Waals surface area (Å²) in [5.41, 5.74) is 7.66. The molecule has 2 aromatic rings. The summed E-state index contributed by atoms with van der Waals surface area (Å²) in [6.45, 7) is 2.26. The Balaban J connectivity index is 1.92. The molecule has 0 spiro atoms. The number of benzene rings is 1. The fourth-order valence-corrected chi connectivity index (χ4v) is 3.53. The zero-order chi connectivity index (χ0) is 14.8. The molecule has 1 heterocycles. The predicted molar refractivity (Wildman–Crippen MR) is 90.5 cm³/mol. The third kappa shape index (κ3) is 3.15. The number of nitrogens with zero attached hydrogens (tertiary/aromatic N) is 1. The minimum atomic E-state index is 0.274. The number of fused-ring (bicyclic) bond motifs is 1. The van der Waals surface area contributed by atoms with Gasteiger partial charge in [-0.3, -0.25) is 4.98 Å². The molecule has 0 amide bonds. The molecule has 1 fully saturated rings. The Morgan fingerprint density at radius 1 is 1.38 bits per heavy atom. The summed E-state index contributed by atoms with van der Waals surface area (Å²) in [5.74, 6) is 1.58. The van der Waals surface area contributed by atoms with Crippen molar-refractivity contribution in [3.63, 3.8) is 0 Å². The normalized spacial score (nSPS) is 22.4. The minimum Gasteiger partial charge on any atom is -0.487 e. The van der Waals surface area contributed by atoms with Crippen LogP contribution in [-0.4, -0.2) is 11.1 Å². The van der Waals surface area contributed by atoms with E-state index in [1.54, 1.807) is 6.20 Å². The summed E-state index contributed by atoms with van der Waals surface area (Å²) < 4.78 is 7.32. The molecule has 1 aromatic carbocycles. The highest BCUT2D eigenvalue weighted by atomic mass is 79.9. The van der Waals surface area contributed by atoms with Crippen LogP contribution in [0.2, 0.25) is 0 Å². The number of nitrogens with two attached hydrogens (primary N) is 1. The van der Waals surface area contributed by atoms with Crippen molar-refractivity contribution in [2.45, 2.75) is 45.1 Å². The average Bonchev–Trinajstić information content (AvgIpc) is 2.50. The topological polar surface area (TPSA) is 48.1 Å². The van der Waals surface area contributed by atoms with Gasteiger partial charge in [0.05, 0.1) is 23.5 Å². The Kier molecular flexibility index (Phi) is 4.34. The highest BCUT2D eigenvalue weighted by Crippen LogP contribution is 2.36. The van der Waals surface area contributed by atoms with Gasteiger partial charge >= 0.3 is 0 Å². The molecule has 112 valence electrons. The van der Waals surface area contributed by atoms with Crippen LogP contribution in [0, 0.1) is 5.92 Å². The van der Waals surface area contributed by atoms with Gasteiger partial charge in [-0.05, 0) is 43.4 Å². The fraction of sp³-hybridized carbons (Fsp3) is 0.471. The van der Waals surface area contributed by atoms with E-state index in [0.29, 0.717) is 5.69 Å². The van der Waals surface area contributed by atoms with E-state index in [1.807, 2.05) is 18.2 Å². The molecule has 0 radical (unpaired) electrons. The number of pyridine rings is 1. The van der Waals surface area contributed by atoms with E-state index in [9.17, 15) is 0 Å². The Morgan fingerprint density at radius 3 is 3.05 bits per heavy atom. The van der Waals surface area contributed by atoms with Crippen LogP contribution in [0.3, 0.4) is 0 Å². The van der Waals surface area contributed by atoms with Crippen LogP contribution in [0.5, 0.6) is 5.75 Å². The molecule has 2 N–H and O–H groups in total. The number of hydrogen-bond donors (Lipinski definition) is 1. The second-order valence-electron chi connectivity index (χ2n) is 5.88. The monoisotopic (exact) mass is 348 g/mol. The van der Waals surface area contributed by atoms with Gasteiger partial charge in [0.2, 0.25) is 0 Å². The summed E-state index contributed by atoms with van der Waals surface area (Å²) in [4.78, 5) is 4.38. The van der Waals surface area contributed by atoms with Gasteiger partial charge in [-0.25, -0.2) is 0 Å². The molecule has 1 aromatic heterocycles. The molecule has 0 saturated heterocycles. The third-order valence-electron chi connectivity index (χ3n) is 4.40. The van der Waals surface area contributed by atoms with Gasteiger partial charge in [0.15, 0.2) is 5.75 Å². The van der Waals surface area contributed by atoms with Crippen LogP contribution in [0.15, 0.2) is 28.9 Å². The molecule has 3 rings (SSSR count). The SMILES string of the molecule is CCC1CCCC(Oc2c(N)cnc3ccc(Br)cc23)C1. The average molecular weight is 349 g/mol. The summed E-state index contributed by atoms with van der Waals surface area (Å²) in [5, 5.41) is 0.989. The van der Waals surface area contributed by atoms with Crippen molar-refractivity contribution in [2.75, 3.05) is 5.73 Å². The first-order valence-corrected chi connectivity index (χ1v) is 8.47. The Hall–Kier alpha value is -1.29. The zero-order valence-corrected chi connectivity index (χ0v) is 13.9. The zero-order valence-electron chi connectivity index (χ0n) is 12.3. The first-order chi connectivity index (χ1) is 10.2. The van der Waals surface area contributed by atoms with Crippen LogP contribution in [0.1, 0.15) is 39.0 Å². The van der Waals surface area contributed by atoms with E-state index in [-0.39, 0.29) is 6.10 Å². The summed E-state index contributed by atoms with van der Waals surface area (Å²) in [7, 11) is 0. The smallest absolute Gasteiger partial charge is 0.153 e. The van der Waals surface area contributed by atoms with Gasteiger partial charge in [0.1, 0.15) is 0 Å². The van der Waals surface area contributed by atoms with E-state index >= 15 is 0 Å². The van der Waals surface area contributed by atoms with Gasteiger partial charge in [0, 0.05) is 9.86 Å². The minimum absolute atomic E-state index is 0.274. The quantitative estimate of drug-likeness (QED) is 0.855. The number of anilines is 1. The van der Waals surface area contributed by atoms with Crippen molar-refractivity contribution in [1.29, 1.82) is 0 Å². The summed E-state index contributed by atoms with van der Waals surface area (Å²) >= 11 is 3.51. The Bertz CT molecular complexity index is 639. The van der Waals surface area contributed by atoms with Gasteiger partial charge in [-0.2, -0.15) is 0 Å². The van der Waals surface area contributed by atoms with Crippen LogP contribution >= 0.6 is 15.9 Å². The maximum atomic E-state index is 6.30. The van der Waals surface area contributed by atoms with Crippen molar-refractivity contribution in [2.24, 2.45) is 5.92 Å². The number of aromatic nitrogens is 1. The Labute approximate surface area is 134 Å². The molecular formula is C17H21BrN2O. The third-order valence-corrected chi connectivity index (χ3v) is 4.90. The van der Waals surface area contributed by atoms with Gasteiger partial charge in [0.25, 0.3) is 0 Å². The first kappa shape index (κ1) is 14.6. The molecule has 2 atom stereocenters. The highest BCUT2D eigenvalue weighted by molar-refractivity contribution is 9.10. The summed E-state index contributed by atoms with van der Waals surface area (Å²) in [6.07, 6.45) is 8.03. The number of nitrogen functional groups attached to an aromatic ring is 1. The van der Waals surface area contributed by atoms with Crippen LogP contribution in [0.4, 0.5) is 5.69 Å². The van der Waals surface area contributed by atoms with Crippen molar-refractivity contribution in [3.05, 3.63) is 28.9 Å². The lowest BCUT2D eigenvalue weighted by molar-refractivity contribution is 0.124. The van der Waals surface area contributed by atoms with Crippen LogP contribution in [-0.2, 0) is 0 Å². The van der Waals surface area contributed by atoms with Crippen LogP contribution in [0.25, 0.3) is 10.9 Å². The molecule has 0 bridgehead atoms. The van der Waals surface area contributed by atoms with Crippen molar-refractivity contribution in [1.82, 2.24) is 4.98 Å². The molecule has 21 heavy (non-hydrogen) atoms. The largest absolute Gasteiger partial charge is 0.487 e.